The lowest BCUT2D eigenvalue weighted by Gasteiger charge is -2.26. The molecule has 1 amide bonds. The predicted molar refractivity (Wildman–Crippen MR) is 127 cm³/mol. The first-order chi connectivity index (χ1) is 15.7. The SMILES string of the molecule is COc1cc(/C(O)=C2/C(=O)C(=O)N(c3cc(C)cc(C)c3)C2c2ccc(O)cc2)ccc1Cl. The van der Waals surface area contributed by atoms with E-state index in [0.717, 1.165) is 11.1 Å². The summed E-state index contributed by atoms with van der Waals surface area (Å²) in [7, 11) is 1.44. The minimum Gasteiger partial charge on any atom is -0.508 e. The van der Waals surface area contributed by atoms with Gasteiger partial charge in [0.25, 0.3) is 11.7 Å². The zero-order chi connectivity index (χ0) is 23.9. The van der Waals surface area contributed by atoms with Gasteiger partial charge >= 0.3 is 0 Å². The van der Waals surface area contributed by atoms with E-state index in [1.165, 1.54) is 30.2 Å². The number of aliphatic hydroxyl groups excluding tert-OH is 1. The van der Waals surface area contributed by atoms with Gasteiger partial charge in [-0.2, -0.15) is 0 Å². The molecule has 0 saturated carbocycles. The highest BCUT2D eigenvalue weighted by atomic mass is 35.5. The molecule has 0 spiro atoms. The Morgan fingerprint density at radius 2 is 1.61 bits per heavy atom. The van der Waals surface area contributed by atoms with Gasteiger partial charge in [0, 0.05) is 11.3 Å². The number of nitrogens with zero attached hydrogens (tertiary/aromatic N) is 1. The number of halogens is 1. The van der Waals surface area contributed by atoms with Gasteiger partial charge in [0.05, 0.1) is 23.7 Å². The molecule has 168 valence electrons. The van der Waals surface area contributed by atoms with Crippen LogP contribution in [0.1, 0.15) is 28.3 Å². The van der Waals surface area contributed by atoms with Gasteiger partial charge in [-0.25, -0.2) is 0 Å². The number of aryl methyl sites for hydroxylation is 2. The number of Topliss-reactive ketones (excluding diaryl/α,β-unsaturated/α-hetero) is 1. The molecule has 0 aliphatic carbocycles. The third-order valence-corrected chi connectivity index (χ3v) is 5.87. The van der Waals surface area contributed by atoms with Crippen LogP contribution in [0.4, 0.5) is 5.69 Å². The highest BCUT2D eigenvalue weighted by Crippen LogP contribution is 2.43. The van der Waals surface area contributed by atoms with Crippen LogP contribution in [0.5, 0.6) is 11.5 Å². The fourth-order valence-corrected chi connectivity index (χ4v) is 4.32. The molecule has 3 aromatic carbocycles. The number of phenolic OH excluding ortho intramolecular Hbond substituents is 1. The van der Waals surface area contributed by atoms with E-state index >= 15 is 0 Å². The Labute approximate surface area is 196 Å². The summed E-state index contributed by atoms with van der Waals surface area (Å²) in [4.78, 5) is 27.9. The largest absolute Gasteiger partial charge is 0.508 e. The number of carbonyl (C=O) groups excluding carboxylic acids is 2. The molecular formula is C26H22ClNO5. The second kappa shape index (κ2) is 8.64. The Kier molecular flexibility index (Phi) is 5.87. The van der Waals surface area contributed by atoms with Crippen LogP contribution in [0.3, 0.4) is 0 Å². The van der Waals surface area contributed by atoms with Gasteiger partial charge in [-0.1, -0.05) is 29.8 Å². The van der Waals surface area contributed by atoms with E-state index in [1.807, 2.05) is 32.0 Å². The summed E-state index contributed by atoms with van der Waals surface area (Å²) >= 11 is 6.11. The smallest absolute Gasteiger partial charge is 0.300 e. The summed E-state index contributed by atoms with van der Waals surface area (Å²) < 4.78 is 5.23. The maximum atomic E-state index is 13.2. The van der Waals surface area contributed by atoms with E-state index in [-0.39, 0.29) is 17.1 Å². The minimum atomic E-state index is -0.895. The maximum absolute atomic E-state index is 13.2. The Hall–Kier alpha value is -3.77. The van der Waals surface area contributed by atoms with Crippen LogP contribution < -0.4 is 9.64 Å². The van der Waals surface area contributed by atoms with E-state index in [1.54, 1.807) is 24.3 Å². The molecule has 0 radical (unpaired) electrons. The van der Waals surface area contributed by atoms with Gasteiger partial charge in [-0.3, -0.25) is 14.5 Å². The van der Waals surface area contributed by atoms with Crippen molar-refractivity contribution in [3.05, 3.63) is 93.5 Å². The highest BCUT2D eigenvalue weighted by Gasteiger charge is 2.47. The van der Waals surface area contributed by atoms with Crippen molar-refractivity contribution in [2.75, 3.05) is 12.0 Å². The van der Waals surface area contributed by atoms with Crippen molar-refractivity contribution in [1.82, 2.24) is 0 Å². The van der Waals surface area contributed by atoms with E-state index in [0.29, 0.717) is 27.6 Å². The monoisotopic (exact) mass is 463 g/mol. The van der Waals surface area contributed by atoms with Gasteiger partial charge in [0.1, 0.15) is 17.3 Å². The third-order valence-electron chi connectivity index (χ3n) is 5.56. The van der Waals surface area contributed by atoms with Crippen molar-refractivity contribution in [2.24, 2.45) is 0 Å². The number of hydrogen-bond acceptors (Lipinski definition) is 5. The first kappa shape index (κ1) is 22.4. The summed E-state index contributed by atoms with van der Waals surface area (Å²) in [5, 5.41) is 21.3. The van der Waals surface area contributed by atoms with Crippen molar-refractivity contribution in [3.63, 3.8) is 0 Å². The Bertz CT molecular complexity index is 1280. The molecule has 33 heavy (non-hydrogen) atoms. The molecule has 2 N–H and O–H groups in total. The molecule has 3 aromatic rings. The molecule has 1 unspecified atom stereocenters. The number of methoxy groups -OCH3 is 1. The lowest BCUT2D eigenvalue weighted by molar-refractivity contribution is -0.132. The summed E-state index contributed by atoms with van der Waals surface area (Å²) in [5.74, 6) is -1.53. The Morgan fingerprint density at radius 3 is 2.21 bits per heavy atom. The number of benzene rings is 3. The maximum Gasteiger partial charge on any atom is 0.300 e. The normalized spacial score (nSPS) is 17.5. The predicted octanol–water partition coefficient (Wildman–Crippen LogP) is 5.30. The van der Waals surface area contributed by atoms with Crippen molar-refractivity contribution in [1.29, 1.82) is 0 Å². The summed E-state index contributed by atoms with van der Waals surface area (Å²) in [6.45, 7) is 3.81. The molecular weight excluding hydrogens is 442 g/mol. The molecule has 0 bridgehead atoms. The van der Waals surface area contributed by atoms with Crippen molar-refractivity contribution < 1.29 is 24.5 Å². The standard InChI is InChI=1S/C26H22ClNO5/c1-14-10-15(2)12-18(11-14)28-23(16-4-7-19(29)8-5-16)22(25(31)26(28)32)24(30)17-6-9-20(27)21(13-17)33-3/h4-13,23,29-30H,1-3H3/b24-22-. The quantitative estimate of drug-likeness (QED) is 0.311. The second-order valence-electron chi connectivity index (χ2n) is 7.96. The van der Waals surface area contributed by atoms with Crippen LogP contribution in [-0.2, 0) is 9.59 Å². The lowest BCUT2D eigenvalue weighted by atomic mass is 9.95. The van der Waals surface area contributed by atoms with E-state index in [9.17, 15) is 19.8 Å². The number of anilines is 1. The van der Waals surface area contributed by atoms with E-state index in [2.05, 4.69) is 0 Å². The minimum absolute atomic E-state index is 0.0459. The summed E-state index contributed by atoms with van der Waals surface area (Å²) in [6, 6.07) is 15.5. The van der Waals surface area contributed by atoms with Crippen LogP contribution in [-0.4, -0.2) is 29.0 Å². The number of ketones is 1. The highest BCUT2D eigenvalue weighted by molar-refractivity contribution is 6.51. The van der Waals surface area contributed by atoms with Gasteiger partial charge < -0.3 is 14.9 Å². The molecule has 1 aliphatic rings. The number of amides is 1. The molecule has 1 atom stereocenters. The summed E-state index contributed by atoms with van der Waals surface area (Å²) in [5.41, 5.74) is 3.19. The zero-order valence-electron chi connectivity index (χ0n) is 18.3. The number of phenols is 1. The van der Waals surface area contributed by atoms with Crippen molar-refractivity contribution in [3.8, 4) is 11.5 Å². The topological polar surface area (TPSA) is 87.1 Å². The number of carbonyl (C=O) groups is 2. The molecule has 4 rings (SSSR count). The first-order valence-corrected chi connectivity index (χ1v) is 10.6. The lowest BCUT2D eigenvalue weighted by Crippen LogP contribution is -2.29. The molecule has 1 heterocycles. The van der Waals surface area contributed by atoms with Crippen LogP contribution in [0.2, 0.25) is 5.02 Å². The number of rotatable bonds is 4. The van der Waals surface area contributed by atoms with Gasteiger partial charge in [0.15, 0.2) is 0 Å². The third kappa shape index (κ3) is 4.05. The molecule has 6 nitrogen and oxygen atoms in total. The van der Waals surface area contributed by atoms with Gasteiger partial charge in [0.2, 0.25) is 0 Å². The number of ether oxygens (including phenoxy) is 1. The zero-order valence-corrected chi connectivity index (χ0v) is 19.1. The van der Waals surface area contributed by atoms with Crippen LogP contribution >= 0.6 is 11.6 Å². The first-order valence-electron chi connectivity index (χ1n) is 10.2. The molecule has 1 fully saturated rings. The molecule has 1 saturated heterocycles. The number of aromatic hydroxyl groups is 1. The van der Waals surface area contributed by atoms with Crippen LogP contribution in [0.25, 0.3) is 5.76 Å². The fourth-order valence-electron chi connectivity index (χ4n) is 4.12. The summed E-state index contributed by atoms with van der Waals surface area (Å²) in [6.07, 6.45) is 0. The van der Waals surface area contributed by atoms with Gasteiger partial charge in [-0.05, 0) is 73.0 Å². The molecule has 7 heteroatoms. The van der Waals surface area contributed by atoms with Crippen LogP contribution in [0, 0.1) is 13.8 Å². The molecule has 1 aliphatic heterocycles. The van der Waals surface area contributed by atoms with Crippen LogP contribution in [0.15, 0.2) is 66.2 Å². The average Bonchev–Trinajstić information content (AvgIpc) is 3.04. The Morgan fingerprint density at radius 1 is 0.970 bits per heavy atom. The fraction of sp³-hybridized carbons (Fsp3) is 0.154. The van der Waals surface area contributed by atoms with Crippen molar-refractivity contribution in [2.45, 2.75) is 19.9 Å². The van der Waals surface area contributed by atoms with E-state index < -0.39 is 17.7 Å². The number of hydrogen-bond donors (Lipinski definition) is 2. The Balaban J connectivity index is 1.97. The van der Waals surface area contributed by atoms with Gasteiger partial charge in [-0.15, -0.1) is 0 Å². The number of aliphatic hydroxyl groups is 1. The van der Waals surface area contributed by atoms with Crippen molar-refractivity contribution >= 4 is 34.7 Å². The average molecular weight is 464 g/mol. The molecule has 0 aromatic heterocycles. The second-order valence-corrected chi connectivity index (χ2v) is 8.36. The van der Waals surface area contributed by atoms with E-state index in [4.69, 9.17) is 16.3 Å².